The molecule has 1 aromatic carbocycles. The number of hydrogen-bond donors (Lipinski definition) is 4. The molecule has 0 aliphatic rings. The highest BCUT2D eigenvalue weighted by Crippen LogP contribution is 2.35. The summed E-state index contributed by atoms with van der Waals surface area (Å²) in [5, 5.41) is 4.94. The van der Waals surface area contributed by atoms with Crippen LogP contribution in [0.15, 0.2) is 36.2 Å². The Morgan fingerprint density at radius 1 is 1.34 bits per heavy atom. The number of fused-ring (bicyclic) bond motifs is 3. The van der Waals surface area contributed by atoms with Gasteiger partial charge in [-0.3, -0.25) is 0 Å². The number of nitrogens with zero attached hydrogens (tertiary/aromatic N) is 2. The number of nitrogen functional groups attached to an aromatic ring is 1. The fraction of sp³-hybridized carbons (Fsp3) is 0.364. The van der Waals surface area contributed by atoms with Gasteiger partial charge in [-0.05, 0) is 43.0 Å². The average Bonchev–Trinajstić information content (AvgIpc) is 3.04. The summed E-state index contributed by atoms with van der Waals surface area (Å²) in [6, 6.07) is 3.71. The summed E-state index contributed by atoms with van der Waals surface area (Å²) in [5.41, 5.74) is 15.3. The zero-order valence-electron chi connectivity index (χ0n) is 18.2. The molecule has 7 heteroatoms. The van der Waals surface area contributed by atoms with Crippen LogP contribution in [-0.4, -0.2) is 22.1 Å². The molecule has 0 saturated carbocycles. The number of aromatic nitrogens is 3. The molecular weight excluding hydrogens is 364 g/mol. The van der Waals surface area contributed by atoms with Gasteiger partial charge in [0.2, 0.25) is 0 Å². The minimum Gasteiger partial charge on any atom is -0.495 e. The lowest BCUT2D eigenvalue weighted by Crippen LogP contribution is -2.12. The Balaban J connectivity index is 0.00000145. The molecule has 2 heterocycles. The van der Waals surface area contributed by atoms with Crippen LogP contribution in [-0.2, 0) is 0 Å². The maximum absolute atomic E-state index is 6.21. The minimum atomic E-state index is 0.359. The first kappa shape index (κ1) is 22.1. The fourth-order valence-electron chi connectivity index (χ4n) is 3.00. The van der Waals surface area contributed by atoms with Crippen molar-refractivity contribution in [2.75, 3.05) is 18.2 Å². The number of methoxy groups -OCH3 is 1. The predicted octanol–water partition coefficient (Wildman–Crippen LogP) is 4.85. The number of H-pyrrole nitrogens is 1. The van der Waals surface area contributed by atoms with E-state index in [0.717, 1.165) is 28.3 Å². The molecule has 0 spiro atoms. The van der Waals surface area contributed by atoms with Crippen LogP contribution in [0.25, 0.3) is 21.9 Å². The number of benzene rings is 1. The Hall–Kier alpha value is -3.22. The van der Waals surface area contributed by atoms with Crippen LogP contribution in [0.3, 0.4) is 0 Å². The van der Waals surface area contributed by atoms with Gasteiger partial charge >= 0.3 is 0 Å². The molecule has 2 aromatic heterocycles. The van der Waals surface area contributed by atoms with Crippen LogP contribution >= 0.6 is 0 Å². The molecule has 0 fully saturated rings. The van der Waals surface area contributed by atoms with Crippen molar-refractivity contribution in [3.05, 3.63) is 42.0 Å². The number of nitrogens with one attached hydrogen (secondary N) is 2. The second kappa shape index (κ2) is 9.32. The highest BCUT2D eigenvalue weighted by Gasteiger charge is 2.15. The summed E-state index contributed by atoms with van der Waals surface area (Å²) in [5.74, 6) is 2.70. The van der Waals surface area contributed by atoms with Crippen LogP contribution in [0.1, 0.15) is 39.9 Å². The first-order valence-electron chi connectivity index (χ1n) is 9.90. The van der Waals surface area contributed by atoms with Gasteiger partial charge in [0.15, 0.2) is 0 Å². The molecular formula is C22H32N6O. The molecule has 0 bridgehead atoms. The van der Waals surface area contributed by atoms with Crippen LogP contribution in [0, 0.1) is 12.8 Å². The van der Waals surface area contributed by atoms with Gasteiger partial charge in [-0.25, -0.2) is 9.97 Å². The third-order valence-electron chi connectivity index (χ3n) is 4.76. The Kier molecular flexibility index (Phi) is 7.09. The van der Waals surface area contributed by atoms with Gasteiger partial charge in [-0.1, -0.05) is 34.3 Å². The molecule has 156 valence electrons. The second-order valence-electron chi connectivity index (χ2n) is 6.72. The molecule has 1 atom stereocenters. The number of rotatable bonds is 6. The highest BCUT2D eigenvalue weighted by atomic mass is 16.5. The van der Waals surface area contributed by atoms with Crippen LogP contribution in [0.2, 0.25) is 0 Å². The highest BCUT2D eigenvalue weighted by molar-refractivity contribution is 6.12. The van der Waals surface area contributed by atoms with Gasteiger partial charge < -0.3 is 26.5 Å². The summed E-state index contributed by atoms with van der Waals surface area (Å²) >= 11 is 0. The van der Waals surface area contributed by atoms with Crippen LogP contribution in [0.4, 0.5) is 11.5 Å². The second-order valence-corrected chi connectivity index (χ2v) is 6.72. The van der Waals surface area contributed by atoms with Crippen molar-refractivity contribution in [1.29, 1.82) is 0 Å². The number of anilines is 2. The van der Waals surface area contributed by atoms with Gasteiger partial charge in [-0.15, -0.1) is 0 Å². The normalized spacial score (nSPS) is 12.4. The van der Waals surface area contributed by atoms with Crippen molar-refractivity contribution in [2.45, 2.75) is 41.0 Å². The van der Waals surface area contributed by atoms with Crippen molar-refractivity contribution in [1.82, 2.24) is 15.0 Å². The number of ether oxygens (including phenoxy) is 1. The van der Waals surface area contributed by atoms with E-state index in [4.69, 9.17) is 16.2 Å². The molecule has 0 aliphatic heterocycles. The zero-order chi connectivity index (χ0) is 21.7. The molecule has 6 N–H and O–H groups in total. The number of aryl methyl sites for hydroxylation is 1. The minimum absolute atomic E-state index is 0.359. The standard InChI is InChI=1S/C20H26N6O.C2H6/c1-6-10(2)11(3)7-17(22)26-20-18-13-8-16(27-5)14(21)9-15(13)25-19(18)23-12(4)24-20;1-2/h7-10H,3,6,21-22H2,1-2,4-5H3,(H2,23,24,25,26);1-2H3/b17-7+;. The van der Waals surface area contributed by atoms with E-state index in [1.807, 2.05) is 39.0 Å². The Morgan fingerprint density at radius 2 is 2.03 bits per heavy atom. The molecule has 0 saturated heterocycles. The third-order valence-corrected chi connectivity index (χ3v) is 4.76. The van der Waals surface area contributed by atoms with E-state index in [2.05, 4.69) is 40.7 Å². The molecule has 29 heavy (non-hydrogen) atoms. The van der Waals surface area contributed by atoms with Gasteiger partial charge in [0.05, 0.1) is 23.7 Å². The van der Waals surface area contributed by atoms with E-state index >= 15 is 0 Å². The largest absolute Gasteiger partial charge is 0.495 e. The first-order valence-corrected chi connectivity index (χ1v) is 9.90. The number of allylic oxidation sites excluding steroid dienone is 2. The van der Waals surface area contributed by atoms with Crippen molar-refractivity contribution in [3.63, 3.8) is 0 Å². The maximum atomic E-state index is 6.21. The molecule has 0 aliphatic carbocycles. The summed E-state index contributed by atoms with van der Waals surface area (Å²) in [6.07, 6.45) is 2.86. The van der Waals surface area contributed by atoms with E-state index < -0.39 is 0 Å². The SMILES string of the molecule is C=C(/C=C(\N)Nc1nc(C)nc2[nH]c3cc(N)c(OC)cc3c12)C(C)CC.CC. The van der Waals surface area contributed by atoms with Gasteiger partial charge in [-0.2, -0.15) is 0 Å². The maximum Gasteiger partial charge on any atom is 0.145 e. The van der Waals surface area contributed by atoms with Crippen molar-refractivity contribution < 1.29 is 4.74 Å². The topological polar surface area (TPSA) is 115 Å². The number of nitrogens with two attached hydrogens (primary N) is 2. The van der Waals surface area contributed by atoms with E-state index in [-0.39, 0.29) is 0 Å². The van der Waals surface area contributed by atoms with Crippen LogP contribution in [0.5, 0.6) is 5.75 Å². The summed E-state index contributed by atoms with van der Waals surface area (Å²) in [6.45, 7) is 14.2. The lowest BCUT2D eigenvalue weighted by molar-refractivity contribution is 0.417. The van der Waals surface area contributed by atoms with Crippen molar-refractivity contribution in [3.8, 4) is 5.75 Å². The van der Waals surface area contributed by atoms with Gasteiger partial charge in [0.25, 0.3) is 0 Å². The molecule has 1 unspecified atom stereocenters. The monoisotopic (exact) mass is 396 g/mol. The Labute approximate surface area is 172 Å². The summed E-state index contributed by atoms with van der Waals surface area (Å²) in [4.78, 5) is 12.3. The van der Waals surface area contributed by atoms with E-state index in [9.17, 15) is 0 Å². The fourth-order valence-corrected chi connectivity index (χ4v) is 3.00. The predicted molar refractivity (Wildman–Crippen MR) is 123 cm³/mol. The lowest BCUT2D eigenvalue weighted by atomic mass is 10.00. The molecule has 3 aromatic rings. The molecule has 0 radical (unpaired) electrons. The molecule has 0 amide bonds. The van der Waals surface area contributed by atoms with Crippen molar-refractivity contribution in [2.24, 2.45) is 11.7 Å². The molecule has 3 rings (SSSR count). The number of aromatic amines is 1. The molecule has 7 nitrogen and oxygen atoms in total. The quantitative estimate of drug-likeness (QED) is 0.350. The van der Waals surface area contributed by atoms with Gasteiger partial charge in [0.1, 0.15) is 28.9 Å². The zero-order valence-corrected chi connectivity index (χ0v) is 18.2. The third kappa shape index (κ3) is 4.62. The Bertz CT molecular complexity index is 1050. The summed E-state index contributed by atoms with van der Waals surface area (Å²) < 4.78 is 5.36. The van der Waals surface area contributed by atoms with Crippen LogP contribution < -0.4 is 21.5 Å². The van der Waals surface area contributed by atoms with E-state index in [0.29, 0.717) is 40.5 Å². The lowest BCUT2D eigenvalue weighted by Gasteiger charge is -2.12. The summed E-state index contributed by atoms with van der Waals surface area (Å²) in [7, 11) is 1.59. The average molecular weight is 397 g/mol. The van der Waals surface area contributed by atoms with Gasteiger partial charge in [0, 0.05) is 5.39 Å². The number of hydrogen-bond acceptors (Lipinski definition) is 6. The first-order chi connectivity index (χ1) is 13.8. The van der Waals surface area contributed by atoms with E-state index in [1.54, 1.807) is 7.11 Å². The van der Waals surface area contributed by atoms with E-state index in [1.165, 1.54) is 0 Å². The van der Waals surface area contributed by atoms with Crippen molar-refractivity contribution >= 4 is 33.4 Å². The smallest absolute Gasteiger partial charge is 0.145 e. The Morgan fingerprint density at radius 3 is 2.66 bits per heavy atom.